The Labute approximate surface area is 124 Å². The van der Waals surface area contributed by atoms with Gasteiger partial charge in [-0.2, -0.15) is 0 Å². The maximum atomic E-state index is 8.98. The Bertz CT molecular complexity index is 74.6. The van der Waals surface area contributed by atoms with Crippen molar-refractivity contribution in [3.63, 3.8) is 0 Å². The fraction of sp³-hybridized carbons (Fsp3) is 0. The summed E-state index contributed by atoms with van der Waals surface area (Å²) in [5.41, 5.74) is 0. The van der Waals surface area contributed by atoms with Crippen LogP contribution in [0, 0.1) is 0 Å². The van der Waals surface area contributed by atoms with E-state index < -0.39 is 0 Å². The van der Waals surface area contributed by atoms with Crippen LogP contribution in [0.4, 0.5) is 0 Å². The fourth-order valence-corrected chi connectivity index (χ4v) is 0.102. The van der Waals surface area contributed by atoms with Crippen molar-refractivity contribution in [1.29, 1.82) is 0 Å². The van der Waals surface area contributed by atoms with Gasteiger partial charge in [0.25, 0.3) is 0 Å². The monoisotopic (exact) mass is 254 g/mol. The minimum Gasteiger partial charge on any atom is -0.689 e. The van der Waals surface area contributed by atoms with Crippen LogP contribution in [-0.2, 0) is 55.4 Å². The van der Waals surface area contributed by atoms with Gasteiger partial charge in [0.1, 0.15) is 0 Å². The second-order valence-electron chi connectivity index (χ2n) is 0.748. The summed E-state index contributed by atoms with van der Waals surface area (Å²) in [5.74, 6) is 0. The van der Waals surface area contributed by atoms with Crippen LogP contribution in [-0.4, -0.2) is 0 Å². The molecule has 0 saturated heterocycles. The SMILES string of the molecule is [Na+].[Na+].[O-]OOOOOOOOOOO[O-]. The zero-order valence-electron chi connectivity index (χ0n) is 7.31. The summed E-state index contributed by atoms with van der Waals surface area (Å²) in [5, 5.41) is 52.5. The Morgan fingerprint density at radius 3 is 0.800 bits per heavy atom. The largest absolute Gasteiger partial charge is 1.00 e. The first-order valence-electron chi connectivity index (χ1n) is 2.00. The number of rotatable bonds is 10. The Balaban J connectivity index is -0.000000720. The average molecular weight is 254 g/mol. The standard InChI is InChI=1S/2Na.H2O13/c;;1-3-5-7-9-11-13-12-10-8-6-4-2/h;;1-2H/q2*+1;/p-2. The van der Waals surface area contributed by atoms with E-state index in [4.69, 9.17) is 10.5 Å². The third-order valence-corrected chi connectivity index (χ3v) is 0.278. The van der Waals surface area contributed by atoms with E-state index >= 15 is 0 Å². The third kappa shape index (κ3) is 21.3. The molecule has 0 aliphatic heterocycles. The van der Waals surface area contributed by atoms with Crippen molar-refractivity contribution in [3.8, 4) is 0 Å². The van der Waals surface area contributed by atoms with Crippen molar-refractivity contribution < 1.29 is 125 Å². The first-order chi connectivity index (χ1) is 6.41. The van der Waals surface area contributed by atoms with Crippen molar-refractivity contribution in [2.45, 2.75) is 0 Å². The zero-order chi connectivity index (χ0) is 9.78. The van der Waals surface area contributed by atoms with E-state index in [1.165, 1.54) is 0 Å². The molecule has 15 heavy (non-hydrogen) atoms. The summed E-state index contributed by atoms with van der Waals surface area (Å²) in [6.07, 6.45) is 0. The van der Waals surface area contributed by atoms with Crippen LogP contribution in [0.1, 0.15) is 0 Å². The molecule has 80 valence electrons. The average Bonchev–Trinajstić information content (AvgIpc) is 2.16. The van der Waals surface area contributed by atoms with Crippen molar-refractivity contribution in [3.05, 3.63) is 0 Å². The van der Waals surface area contributed by atoms with E-state index in [0.717, 1.165) is 0 Å². The summed E-state index contributed by atoms with van der Waals surface area (Å²) < 4.78 is 0. The van der Waals surface area contributed by atoms with Gasteiger partial charge in [0.15, 0.2) is 0 Å². The predicted octanol–water partition coefficient (Wildman–Crippen LogP) is -9.12. The maximum absolute atomic E-state index is 8.98. The minimum atomic E-state index is 0. The van der Waals surface area contributed by atoms with Gasteiger partial charge in [-0.25, -0.2) is 0 Å². The molecule has 0 amide bonds. The van der Waals surface area contributed by atoms with E-state index in [1.807, 2.05) is 0 Å². The van der Waals surface area contributed by atoms with Crippen LogP contribution in [0.15, 0.2) is 0 Å². The van der Waals surface area contributed by atoms with Gasteiger partial charge in [-0.15, -0.1) is 0 Å². The molecule has 0 aliphatic carbocycles. The first kappa shape index (κ1) is 21.7. The normalized spacial score (nSPS) is 9.20. The summed E-state index contributed by atoms with van der Waals surface area (Å²) >= 11 is 0. The van der Waals surface area contributed by atoms with E-state index in [9.17, 15) is 0 Å². The van der Waals surface area contributed by atoms with Crippen LogP contribution >= 0.6 is 0 Å². The van der Waals surface area contributed by atoms with Gasteiger partial charge < -0.3 is 10.5 Å². The van der Waals surface area contributed by atoms with Gasteiger partial charge in [0.2, 0.25) is 0 Å². The topological polar surface area (TPSA) is 148 Å². The van der Waals surface area contributed by atoms with Crippen LogP contribution in [0.5, 0.6) is 0 Å². The van der Waals surface area contributed by atoms with Crippen molar-refractivity contribution in [1.82, 2.24) is 0 Å². The van der Waals surface area contributed by atoms with E-state index in [1.54, 1.807) is 0 Å². The van der Waals surface area contributed by atoms with Crippen molar-refractivity contribution in [2.75, 3.05) is 0 Å². The molecular weight excluding hydrogens is 254 g/mol. The Morgan fingerprint density at radius 1 is 0.400 bits per heavy atom. The molecule has 0 heterocycles. The molecule has 13 nitrogen and oxygen atoms in total. The number of hydrogen-bond acceptors (Lipinski definition) is 13. The molecule has 0 aromatic heterocycles. The maximum Gasteiger partial charge on any atom is 1.00 e. The Hall–Kier alpha value is 1.48. The molecule has 0 unspecified atom stereocenters. The molecule has 0 atom stereocenters. The van der Waals surface area contributed by atoms with Crippen LogP contribution in [0.3, 0.4) is 0 Å². The van der Waals surface area contributed by atoms with Gasteiger partial charge in [0, 0.05) is 0 Å². The third-order valence-electron chi connectivity index (χ3n) is 0.278. The quantitative estimate of drug-likeness (QED) is 0.157. The molecule has 0 spiro atoms. The Morgan fingerprint density at radius 2 is 0.600 bits per heavy atom. The second-order valence-corrected chi connectivity index (χ2v) is 0.748. The van der Waals surface area contributed by atoms with Gasteiger partial charge in [-0.1, -0.05) is 0 Å². The second kappa shape index (κ2) is 20.8. The first-order valence-corrected chi connectivity index (χ1v) is 2.00. The Kier molecular flexibility index (Phi) is 30.2. The van der Waals surface area contributed by atoms with Gasteiger partial charge >= 0.3 is 59.1 Å². The fourth-order valence-electron chi connectivity index (χ4n) is 0.102. The molecule has 0 N–H and O–H groups in total. The molecule has 0 aromatic carbocycles. The predicted molar refractivity (Wildman–Crippen MR) is 11.9 cm³/mol. The molecule has 0 aliphatic rings. The number of hydrogen-bond donors (Lipinski definition) is 0. The molecule has 15 heteroatoms. The molecule has 0 aromatic rings. The van der Waals surface area contributed by atoms with Crippen LogP contribution in [0.2, 0.25) is 0 Å². The summed E-state index contributed by atoms with van der Waals surface area (Å²) in [6, 6.07) is 0. The summed E-state index contributed by atoms with van der Waals surface area (Å²) in [7, 11) is 0. The van der Waals surface area contributed by atoms with E-state index in [-0.39, 0.29) is 59.1 Å². The molecule has 0 radical (unpaired) electrons. The molecular formula is Na2O13. The summed E-state index contributed by atoms with van der Waals surface area (Å²) in [6.45, 7) is 0. The molecule has 0 fully saturated rings. The molecule has 0 bridgehead atoms. The minimum absolute atomic E-state index is 0. The molecule has 0 saturated carbocycles. The van der Waals surface area contributed by atoms with Crippen molar-refractivity contribution >= 4 is 0 Å². The van der Waals surface area contributed by atoms with Gasteiger partial charge in [-0.05, 0) is 45.3 Å². The van der Waals surface area contributed by atoms with Crippen LogP contribution in [0.25, 0.3) is 0 Å². The van der Waals surface area contributed by atoms with Crippen LogP contribution < -0.4 is 69.6 Å². The van der Waals surface area contributed by atoms with Gasteiger partial charge in [-0.3, -0.25) is 10.1 Å². The molecule has 0 rings (SSSR count). The van der Waals surface area contributed by atoms with E-state index in [0.29, 0.717) is 0 Å². The van der Waals surface area contributed by atoms with Gasteiger partial charge in [0.05, 0.1) is 0 Å². The van der Waals surface area contributed by atoms with E-state index in [2.05, 4.69) is 55.4 Å². The smallest absolute Gasteiger partial charge is 0.689 e. The van der Waals surface area contributed by atoms with Crippen molar-refractivity contribution in [2.24, 2.45) is 0 Å². The zero-order valence-corrected chi connectivity index (χ0v) is 11.3. The summed E-state index contributed by atoms with van der Waals surface area (Å²) in [4.78, 5) is 0.